The Morgan fingerprint density at radius 2 is 2.21 bits per heavy atom. The summed E-state index contributed by atoms with van der Waals surface area (Å²) in [5.74, 6) is 2.17. The van der Waals surface area contributed by atoms with E-state index in [2.05, 4.69) is 28.4 Å². The summed E-state index contributed by atoms with van der Waals surface area (Å²) in [6.45, 7) is 5.43. The number of aryl methyl sites for hydroxylation is 1. The van der Waals surface area contributed by atoms with Crippen LogP contribution >= 0.6 is 24.0 Å². The van der Waals surface area contributed by atoms with E-state index in [0.717, 1.165) is 44.0 Å². The molecule has 0 saturated carbocycles. The Morgan fingerprint density at radius 1 is 1.39 bits per heavy atom. The minimum atomic E-state index is 0. The van der Waals surface area contributed by atoms with Crippen molar-refractivity contribution in [1.82, 2.24) is 20.0 Å². The molecule has 0 bridgehead atoms. The number of nitrogens with one attached hydrogen (secondary N) is 1. The van der Waals surface area contributed by atoms with Gasteiger partial charge < -0.3 is 20.1 Å². The molecule has 0 spiro atoms. The lowest BCUT2D eigenvalue weighted by Gasteiger charge is -2.21. The molecule has 1 unspecified atom stereocenters. The van der Waals surface area contributed by atoms with Crippen molar-refractivity contribution in [2.24, 2.45) is 18.0 Å². The molecular formula is C20H30IN5O2. The minimum absolute atomic E-state index is 0. The van der Waals surface area contributed by atoms with Crippen molar-refractivity contribution in [3.63, 3.8) is 0 Å². The molecule has 7 nitrogen and oxygen atoms in total. The number of hydrogen-bond donors (Lipinski definition) is 2. The predicted octanol–water partition coefficient (Wildman–Crippen LogP) is 2.78. The molecule has 0 radical (unpaired) electrons. The van der Waals surface area contributed by atoms with E-state index in [1.54, 1.807) is 19.2 Å². The van der Waals surface area contributed by atoms with Gasteiger partial charge in [-0.2, -0.15) is 5.10 Å². The number of methoxy groups -OCH3 is 1. The van der Waals surface area contributed by atoms with Gasteiger partial charge in [0.25, 0.3) is 0 Å². The smallest absolute Gasteiger partial charge is 0.194 e. The van der Waals surface area contributed by atoms with E-state index in [1.165, 1.54) is 5.56 Å². The maximum atomic E-state index is 9.94. The average molecular weight is 499 g/mol. The number of phenolic OH excluding ortho intramolecular Hbond substituents is 1. The Hall–Kier alpha value is -1.97. The van der Waals surface area contributed by atoms with Gasteiger partial charge in [-0.05, 0) is 48.9 Å². The van der Waals surface area contributed by atoms with Gasteiger partial charge in [0, 0.05) is 32.9 Å². The highest BCUT2D eigenvalue weighted by atomic mass is 127. The van der Waals surface area contributed by atoms with Crippen LogP contribution in [-0.2, 0) is 20.0 Å². The number of aliphatic imine (C=N–C) groups is 1. The Bertz CT molecular complexity index is 793. The first kappa shape index (κ1) is 22.3. The zero-order valence-electron chi connectivity index (χ0n) is 16.8. The van der Waals surface area contributed by atoms with E-state index in [-0.39, 0.29) is 29.7 Å². The summed E-state index contributed by atoms with van der Waals surface area (Å²) in [6.07, 6.45) is 6.26. The molecule has 2 aromatic rings. The van der Waals surface area contributed by atoms with E-state index < -0.39 is 0 Å². The van der Waals surface area contributed by atoms with Crippen LogP contribution in [0.4, 0.5) is 0 Å². The van der Waals surface area contributed by atoms with Crippen molar-refractivity contribution in [2.75, 3.05) is 26.7 Å². The third-order valence-corrected chi connectivity index (χ3v) is 4.86. The Balaban J connectivity index is 0.00000280. The molecule has 0 amide bonds. The van der Waals surface area contributed by atoms with Crippen LogP contribution in [0.15, 0.2) is 35.6 Å². The standard InChI is InChI=1S/C20H29N5O2.HI/c1-4-21-20(22-11-15-5-6-19(27-3)18(26)10-15)25-8-7-16(14-25)9-17-12-23-24(2)13-17;/h5-6,10,12-13,16,26H,4,7-9,11,14H2,1-3H3,(H,21,22);1H. The van der Waals surface area contributed by atoms with Crippen molar-refractivity contribution in [3.05, 3.63) is 41.7 Å². The van der Waals surface area contributed by atoms with Gasteiger partial charge in [-0.15, -0.1) is 24.0 Å². The Labute approximate surface area is 183 Å². The van der Waals surface area contributed by atoms with Gasteiger partial charge in [0.2, 0.25) is 0 Å². The number of hydrogen-bond acceptors (Lipinski definition) is 4. The molecule has 8 heteroatoms. The van der Waals surface area contributed by atoms with E-state index in [1.807, 2.05) is 24.0 Å². The fraction of sp³-hybridized carbons (Fsp3) is 0.500. The fourth-order valence-corrected chi connectivity index (χ4v) is 3.53. The molecule has 1 aliphatic heterocycles. The highest BCUT2D eigenvalue weighted by molar-refractivity contribution is 14.0. The van der Waals surface area contributed by atoms with Gasteiger partial charge in [0.1, 0.15) is 0 Å². The first-order chi connectivity index (χ1) is 13.1. The number of halogens is 1. The second-order valence-corrected chi connectivity index (χ2v) is 7.00. The maximum absolute atomic E-state index is 9.94. The van der Waals surface area contributed by atoms with Gasteiger partial charge in [-0.3, -0.25) is 4.68 Å². The predicted molar refractivity (Wildman–Crippen MR) is 121 cm³/mol. The third kappa shape index (κ3) is 5.76. The number of likely N-dealkylation sites (tertiary alicyclic amines) is 1. The number of ether oxygens (including phenoxy) is 1. The van der Waals surface area contributed by atoms with Crippen LogP contribution in [0.1, 0.15) is 24.5 Å². The lowest BCUT2D eigenvalue weighted by Crippen LogP contribution is -2.40. The molecule has 3 rings (SSSR count). The minimum Gasteiger partial charge on any atom is -0.504 e. The fourth-order valence-electron chi connectivity index (χ4n) is 3.53. The molecule has 1 saturated heterocycles. The number of nitrogens with zero attached hydrogens (tertiary/aromatic N) is 4. The molecule has 28 heavy (non-hydrogen) atoms. The first-order valence-electron chi connectivity index (χ1n) is 9.45. The number of aromatic nitrogens is 2. The summed E-state index contributed by atoms with van der Waals surface area (Å²) in [5.41, 5.74) is 2.25. The van der Waals surface area contributed by atoms with Crippen molar-refractivity contribution in [1.29, 1.82) is 0 Å². The third-order valence-electron chi connectivity index (χ3n) is 4.86. The molecule has 154 valence electrons. The topological polar surface area (TPSA) is 74.9 Å². The quantitative estimate of drug-likeness (QED) is 0.364. The van der Waals surface area contributed by atoms with Crippen LogP contribution in [0.25, 0.3) is 0 Å². The maximum Gasteiger partial charge on any atom is 0.194 e. The normalized spacial score (nSPS) is 16.8. The van der Waals surface area contributed by atoms with Crippen LogP contribution in [0.2, 0.25) is 0 Å². The SMILES string of the molecule is CCNC(=NCc1ccc(OC)c(O)c1)N1CCC(Cc2cnn(C)c2)C1.I. The summed E-state index contributed by atoms with van der Waals surface area (Å²) < 4.78 is 6.95. The van der Waals surface area contributed by atoms with Crippen molar-refractivity contribution in [2.45, 2.75) is 26.3 Å². The zero-order chi connectivity index (χ0) is 19.2. The van der Waals surface area contributed by atoms with Gasteiger partial charge in [-0.25, -0.2) is 4.99 Å². The van der Waals surface area contributed by atoms with Crippen LogP contribution in [0, 0.1) is 5.92 Å². The first-order valence-corrected chi connectivity index (χ1v) is 9.45. The molecule has 1 fully saturated rings. The summed E-state index contributed by atoms with van der Waals surface area (Å²) in [5, 5.41) is 17.6. The van der Waals surface area contributed by atoms with E-state index in [0.29, 0.717) is 18.2 Å². The van der Waals surface area contributed by atoms with Gasteiger partial charge in [-0.1, -0.05) is 6.07 Å². The number of rotatable bonds is 6. The molecule has 1 aromatic heterocycles. The lowest BCUT2D eigenvalue weighted by atomic mass is 10.0. The second-order valence-electron chi connectivity index (χ2n) is 7.00. The summed E-state index contributed by atoms with van der Waals surface area (Å²) >= 11 is 0. The van der Waals surface area contributed by atoms with Crippen molar-refractivity contribution >= 4 is 29.9 Å². The van der Waals surface area contributed by atoms with Gasteiger partial charge in [0.05, 0.1) is 19.9 Å². The van der Waals surface area contributed by atoms with Crippen LogP contribution in [0.5, 0.6) is 11.5 Å². The van der Waals surface area contributed by atoms with Gasteiger partial charge in [0.15, 0.2) is 17.5 Å². The molecule has 2 heterocycles. The lowest BCUT2D eigenvalue weighted by molar-refractivity contribution is 0.373. The van der Waals surface area contributed by atoms with E-state index >= 15 is 0 Å². The Kier molecular flexibility index (Phi) is 8.40. The summed E-state index contributed by atoms with van der Waals surface area (Å²) in [7, 11) is 3.50. The second kappa shape index (κ2) is 10.5. The van der Waals surface area contributed by atoms with Crippen molar-refractivity contribution in [3.8, 4) is 11.5 Å². The van der Waals surface area contributed by atoms with Crippen molar-refractivity contribution < 1.29 is 9.84 Å². The number of guanidine groups is 1. The van der Waals surface area contributed by atoms with E-state index in [9.17, 15) is 5.11 Å². The Morgan fingerprint density at radius 3 is 2.86 bits per heavy atom. The number of phenols is 1. The van der Waals surface area contributed by atoms with Gasteiger partial charge >= 0.3 is 0 Å². The summed E-state index contributed by atoms with van der Waals surface area (Å²) in [6, 6.07) is 5.41. The van der Waals surface area contributed by atoms with Crippen LogP contribution < -0.4 is 10.1 Å². The zero-order valence-corrected chi connectivity index (χ0v) is 19.1. The number of benzene rings is 1. The monoisotopic (exact) mass is 499 g/mol. The molecule has 2 N–H and O–H groups in total. The summed E-state index contributed by atoms with van der Waals surface area (Å²) in [4.78, 5) is 7.10. The molecule has 0 aliphatic carbocycles. The molecule has 1 atom stereocenters. The number of aromatic hydroxyl groups is 1. The van der Waals surface area contributed by atoms with Crippen LogP contribution in [-0.4, -0.2) is 52.5 Å². The highest BCUT2D eigenvalue weighted by Gasteiger charge is 2.25. The molecule has 1 aromatic carbocycles. The molecule has 1 aliphatic rings. The van der Waals surface area contributed by atoms with E-state index in [4.69, 9.17) is 9.73 Å². The molecular weight excluding hydrogens is 469 g/mol. The van der Waals surface area contributed by atoms with Crippen LogP contribution in [0.3, 0.4) is 0 Å². The average Bonchev–Trinajstić information content (AvgIpc) is 3.28. The highest BCUT2D eigenvalue weighted by Crippen LogP contribution is 2.26. The largest absolute Gasteiger partial charge is 0.504 e.